The lowest BCUT2D eigenvalue weighted by molar-refractivity contribution is -0.116. The van der Waals surface area contributed by atoms with E-state index in [9.17, 15) is 4.79 Å². The Bertz CT molecular complexity index is 368. The number of rotatable bonds is 3. The van der Waals surface area contributed by atoms with E-state index in [1.807, 2.05) is 13.8 Å². The van der Waals surface area contributed by atoms with Crippen molar-refractivity contribution in [2.24, 2.45) is 5.92 Å². The maximum atomic E-state index is 11.5. The minimum Gasteiger partial charge on any atom is -0.324 e. The summed E-state index contributed by atoms with van der Waals surface area (Å²) in [5.74, 6) is 0.297. The molecule has 0 aliphatic rings. The van der Waals surface area contributed by atoms with Crippen LogP contribution >= 0.6 is 27.5 Å². The monoisotopic (exact) mass is 290 g/mol. The van der Waals surface area contributed by atoms with Crippen LogP contribution in [0.1, 0.15) is 20.3 Å². The zero-order chi connectivity index (χ0) is 11.4. The summed E-state index contributed by atoms with van der Waals surface area (Å²) in [6, 6.07) is 1.66. The number of hydrogen-bond acceptors (Lipinski definition) is 2. The van der Waals surface area contributed by atoms with Gasteiger partial charge in [0.15, 0.2) is 0 Å². The summed E-state index contributed by atoms with van der Waals surface area (Å²) < 4.78 is 0.587. The van der Waals surface area contributed by atoms with Gasteiger partial charge in [-0.3, -0.25) is 4.79 Å². The van der Waals surface area contributed by atoms with Gasteiger partial charge in [0.25, 0.3) is 0 Å². The lowest BCUT2D eigenvalue weighted by Crippen LogP contribution is -2.14. The second-order valence-electron chi connectivity index (χ2n) is 3.64. The molecule has 0 atom stereocenters. The van der Waals surface area contributed by atoms with Gasteiger partial charge in [-0.15, -0.1) is 0 Å². The Morgan fingerprint density at radius 3 is 2.93 bits per heavy atom. The lowest BCUT2D eigenvalue weighted by Gasteiger charge is -2.08. The molecule has 15 heavy (non-hydrogen) atoms. The van der Waals surface area contributed by atoms with Gasteiger partial charge in [0.2, 0.25) is 5.91 Å². The molecule has 0 bridgehead atoms. The molecular formula is C10H12BrClN2O. The van der Waals surface area contributed by atoms with Crippen molar-refractivity contribution in [1.82, 2.24) is 4.98 Å². The van der Waals surface area contributed by atoms with E-state index >= 15 is 0 Å². The molecule has 1 N–H and O–H groups in total. The van der Waals surface area contributed by atoms with Crippen molar-refractivity contribution in [3.63, 3.8) is 0 Å². The summed E-state index contributed by atoms with van der Waals surface area (Å²) in [4.78, 5) is 15.5. The van der Waals surface area contributed by atoms with E-state index < -0.39 is 0 Å². The number of carbonyl (C=O) groups excluding carboxylic acids is 1. The molecule has 0 radical (unpaired) electrons. The second-order valence-corrected chi connectivity index (χ2v) is 4.83. The van der Waals surface area contributed by atoms with E-state index in [0.717, 1.165) is 0 Å². The minimum absolute atomic E-state index is 0.0326. The third-order valence-corrected chi connectivity index (χ3v) is 2.51. The van der Waals surface area contributed by atoms with Gasteiger partial charge in [-0.1, -0.05) is 25.4 Å². The fraction of sp³-hybridized carbons (Fsp3) is 0.400. The topological polar surface area (TPSA) is 42.0 Å². The fourth-order valence-corrected chi connectivity index (χ4v) is 1.56. The largest absolute Gasteiger partial charge is 0.324 e. The summed E-state index contributed by atoms with van der Waals surface area (Å²) in [5.41, 5.74) is 0.605. The average molecular weight is 292 g/mol. The first kappa shape index (κ1) is 12.5. The van der Waals surface area contributed by atoms with E-state index in [1.54, 1.807) is 6.07 Å². The van der Waals surface area contributed by atoms with Crippen LogP contribution in [0.25, 0.3) is 0 Å². The molecule has 0 saturated carbocycles. The van der Waals surface area contributed by atoms with Crippen molar-refractivity contribution in [3.05, 3.63) is 21.9 Å². The smallest absolute Gasteiger partial charge is 0.224 e. The van der Waals surface area contributed by atoms with E-state index in [4.69, 9.17) is 11.6 Å². The van der Waals surface area contributed by atoms with Gasteiger partial charge in [0.1, 0.15) is 4.60 Å². The van der Waals surface area contributed by atoms with Crippen molar-refractivity contribution in [2.75, 3.05) is 5.32 Å². The van der Waals surface area contributed by atoms with Crippen molar-refractivity contribution < 1.29 is 4.79 Å². The molecule has 82 valence electrons. The van der Waals surface area contributed by atoms with Crippen LogP contribution in [0.4, 0.5) is 5.69 Å². The molecule has 0 spiro atoms. The van der Waals surface area contributed by atoms with Gasteiger partial charge in [-0.25, -0.2) is 4.98 Å². The van der Waals surface area contributed by atoms with Crippen LogP contribution in [0.5, 0.6) is 0 Å². The molecule has 3 nitrogen and oxygen atoms in total. The molecule has 0 aliphatic heterocycles. The lowest BCUT2D eigenvalue weighted by atomic mass is 10.1. The van der Waals surface area contributed by atoms with Crippen LogP contribution in [0.3, 0.4) is 0 Å². The molecule has 1 amide bonds. The summed E-state index contributed by atoms with van der Waals surface area (Å²) in [6.07, 6.45) is 2.00. The Balaban J connectivity index is 2.71. The molecule has 0 aliphatic carbocycles. The molecule has 0 unspecified atom stereocenters. The zero-order valence-electron chi connectivity index (χ0n) is 8.55. The summed E-state index contributed by atoms with van der Waals surface area (Å²) in [7, 11) is 0. The number of hydrogen-bond donors (Lipinski definition) is 1. The Labute approximate surface area is 102 Å². The van der Waals surface area contributed by atoms with Crippen LogP contribution in [-0.4, -0.2) is 10.9 Å². The SMILES string of the molecule is CC(C)CC(=O)Nc1cc(Cl)cnc1Br. The number of amides is 1. The molecule has 1 heterocycles. The highest BCUT2D eigenvalue weighted by Crippen LogP contribution is 2.23. The standard InChI is InChI=1S/C10H12BrClN2O/c1-6(2)3-9(15)14-8-4-7(12)5-13-10(8)11/h4-6H,3H2,1-2H3,(H,14,15). The molecule has 1 aromatic rings. The van der Waals surface area contributed by atoms with Gasteiger partial charge in [-0.2, -0.15) is 0 Å². The summed E-state index contributed by atoms with van der Waals surface area (Å²) >= 11 is 9.01. The van der Waals surface area contributed by atoms with Crippen LogP contribution in [0.15, 0.2) is 16.9 Å². The quantitative estimate of drug-likeness (QED) is 0.866. The van der Waals surface area contributed by atoms with Crippen molar-refractivity contribution >= 4 is 39.1 Å². The van der Waals surface area contributed by atoms with Crippen molar-refractivity contribution in [1.29, 1.82) is 0 Å². The van der Waals surface area contributed by atoms with Crippen LogP contribution in [0, 0.1) is 5.92 Å². The predicted octanol–water partition coefficient (Wildman–Crippen LogP) is 3.48. The van der Waals surface area contributed by atoms with Crippen LogP contribution < -0.4 is 5.32 Å². The average Bonchev–Trinajstić information content (AvgIpc) is 2.10. The first-order chi connectivity index (χ1) is 6.99. The predicted molar refractivity (Wildman–Crippen MR) is 65.0 cm³/mol. The maximum Gasteiger partial charge on any atom is 0.224 e. The van der Waals surface area contributed by atoms with E-state index in [0.29, 0.717) is 27.7 Å². The third-order valence-electron chi connectivity index (χ3n) is 1.67. The number of aromatic nitrogens is 1. The van der Waals surface area contributed by atoms with Crippen LogP contribution in [0.2, 0.25) is 5.02 Å². The number of anilines is 1. The highest BCUT2D eigenvalue weighted by molar-refractivity contribution is 9.10. The Morgan fingerprint density at radius 1 is 1.67 bits per heavy atom. The van der Waals surface area contributed by atoms with Gasteiger partial charge < -0.3 is 5.32 Å². The zero-order valence-corrected chi connectivity index (χ0v) is 10.9. The molecule has 0 aromatic carbocycles. The molecule has 1 rings (SSSR count). The van der Waals surface area contributed by atoms with Crippen molar-refractivity contribution in [2.45, 2.75) is 20.3 Å². The van der Waals surface area contributed by atoms with Gasteiger partial charge in [-0.05, 0) is 27.9 Å². The van der Waals surface area contributed by atoms with Gasteiger partial charge in [0, 0.05) is 12.6 Å². The molecule has 5 heteroatoms. The molecule has 0 saturated heterocycles. The summed E-state index contributed by atoms with van der Waals surface area (Å²) in [6.45, 7) is 3.98. The molecule has 0 fully saturated rings. The first-order valence-electron chi connectivity index (χ1n) is 4.60. The normalized spacial score (nSPS) is 10.5. The Kier molecular flexibility index (Phi) is 4.54. The van der Waals surface area contributed by atoms with Crippen molar-refractivity contribution in [3.8, 4) is 0 Å². The minimum atomic E-state index is -0.0326. The number of nitrogens with zero attached hydrogens (tertiary/aromatic N) is 1. The van der Waals surface area contributed by atoms with Crippen LogP contribution in [-0.2, 0) is 4.79 Å². The molecule has 1 aromatic heterocycles. The second kappa shape index (κ2) is 5.47. The van der Waals surface area contributed by atoms with Gasteiger partial charge in [0.05, 0.1) is 10.7 Å². The summed E-state index contributed by atoms with van der Waals surface area (Å²) in [5, 5.41) is 3.25. The third kappa shape index (κ3) is 4.18. The van der Waals surface area contributed by atoms with Gasteiger partial charge >= 0.3 is 0 Å². The fourth-order valence-electron chi connectivity index (χ4n) is 1.08. The Hall–Kier alpha value is -0.610. The molecular weight excluding hydrogens is 279 g/mol. The van der Waals surface area contributed by atoms with E-state index in [2.05, 4.69) is 26.2 Å². The first-order valence-corrected chi connectivity index (χ1v) is 5.77. The number of carbonyl (C=O) groups is 1. The van der Waals surface area contributed by atoms with E-state index in [1.165, 1.54) is 6.20 Å². The highest BCUT2D eigenvalue weighted by atomic mass is 79.9. The highest BCUT2D eigenvalue weighted by Gasteiger charge is 2.08. The number of nitrogens with one attached hydrogen (secondary N) is 1. The number of halogens is 2. The maximum absolute atomic E-state index is 11.5. The Morgan fingerprint density at radius 2 is 2.33 bits per heavy atom. The number of pyridine rings is 1. The van der Waals surface area contributed by atoms with E-state index in [-0.39, 0.29) is 5.91 Å².